The minimum Gasteiger partial charge on any atom is -0.394 e. The molecule has 0 spiro atoms. The average molecular weight is 279 g/mol. The Hall–Kier alpha value is -1.69. The van der Waals surface area contributed by atoms with Crippen molar-refractivity contribution >= 4 is 11.5 Å². The highest BCUT2D eigenvalue weighted by Crippen LogP contribution is 2.36. The van der Waals surface area contributed by atoms with Gasteiger partial charge in [-0.25, -0.2) is 4.98 Å². The summed E-state index contributed by atoms with van der Waals surface area (Å²) in [6.45, 7) is 3.92. The first-order chi connectivity index (χ1) is 9.46. The first-order valence-corrected chi connectivity index (χ1v) is 6.96. The van der Waals surface area contributed by atoms with Gasteiger partial charge in [0.2, 0.25) is 5.82 Å². The van der Waals surface area contributed by atoms with Crippen molar-refractivity contribution in [3.8, 4) is 0 Å². The van der Waals surface area contributed by atoms with Crippen LogP contribution in [0.5, 0.6) is 0 Å². The highest BCUT2D eigenvalue weighted by atomic mass is 16.6. The monoisotopic (exact) mass is 279 g/mol. The number of aliphatic hydroxyl groups excluding tert-OH is 1. The molecular formula is C14H21N3O3. The molecule has 2 N–H and O–H groups in total. The van der Waals surface area contributed by atoms with Crippen LogP contribution < -0.4 is 5.32 Å². The lowest BCUT2D eigenvalue weighted by Crippen LogP contribution is -2.45. The van der Waals surface area contributed by atoms with Crippen LogP contribution in [0.25, 0.3) is 0 Å². The molecule has 20 heavy (non-hydrogen) atoms. The maximum atomic E-state index is 11.1. The van der Waals surface area contributed by atoms with Crippen molar-refractivity contribution < 1.29 is 10.0 Å². The number of nitrogens with zero attached hydrogens (tertiary/aromatic N) is 2. The molecule has 1 aliphatic rings. The molecule has 0 atom stereocenters. The van der Waals surface area contributed by atoms with Crippen LogP contribution in [-0.2, 0) is 0 Å². The number of hydrogen-bond acceptors (Lipinski definition) is 5. The Morgan fingerprint density at radius 2 is 2.20 bits per heavy atom. The van der Waals surface area contributed by atoms with Gasteiger partial charge in [-0.15, -0.1) is 0 Å². The molecule has 6 heteroatoms. The van der Waals surface area contributed by atoms with Gasteiger partial charge < -0.3 is 10.4 Å². The van der Waals surface area contributed by atoms with Crippen LogP contribution in [0.2, 0.25) is 0 Å². The molecule has 2 rings (SSSR count). The van der Waals surface area contributed by atoms with E-state index in [1.807, 2.05) is 0 Å². The Kier molecular flexibility index (Phi) is 4.23. The molecule has 1 heterocycles. The van der Waals surface area contributed by atoms with Gasteiger partial charge in [-0.1, -0.05) is 6.92 Å². The third-order valence-electron chi connectivity index (χ3n) is 4.12. The Balaban J connectivity index is 2.26. The fourth-order valence-corrected chi connectivity index (χ4v) is 2.68. The fourth-order valence-electron chi connectivity index (χ4n) is 2.68. The van der Waals surface area contributed by atoms with Crippen molar-refractivity contribution in [1.82, 2.24) is 4.98 Å². The summed E-state index contributed by atoms with van der Waals surface area (Å²) in [7, 11) is 0. The maximum absolute atomic E-state index is 11.1. The predicted octanol–water partition coefficient (Wildman–Crippen LogP) is 2.65. The van der Waals surface area contributed by atoms with Gasteiger partial charge >= 0.3 is 5.69 Å². The third-order valence-corrected chi connectivity index (χ3v) is 4.12. The van der Waals surface area contributed by atoms with Gasteiger partial charge in [0.25, 0.3) is 0 Å². The van der Waals surface area contributed by atoms with E-state index in [9.17, 15) is 15.2 Å². The van der Waals surface area contributed by atoms with Crippen molar-refractivity contribution in [1.29, 1.82) is 0 Å². The summed E-state index contributed by atoms with van der Waals surface area (Å²) < 4.78 is 0. The van der Waals surface area contributed by atoms with E-state index >= 15 is 0 Å². The highest BCUT2D eigenvalue weighted by Gasteiger charge is 2.35. The van der Waals surface area contributed by atoms with Crippen molar-refractivity contribution in [2.24, 2.45) is 5.92 Å². The fraction of sp³-hybridized carbons (Fsp3) is 0.643. The van der Waals surface area contributed by atoms with E-state index in [0.717, 1.165) is 31.2 Å². The van der Waals surface area contributed by atoms with E-state index in [1.54, 1.807) is 13.1 Å². The van der Waals surface area contributed by atoms with Crippen LogP contribution in [0.15, 0.2) is 12.3 Å². The smallest absolute Gasteiger partial charge is 0.311 e. The van der Waals surface area contributed by atoms with Crippen LogP contribution in [-0.4, -0.2) is 27.2 Å². The van der Waals surface area contributed by atoms with Crippen molar-refractivity contribution in [3.63, 3.8) is 0 Å². The average Bonchev–Trinajstić information content (AvgIpc) is 2.43. The molecule has 1 aromatic heterocycles. The molecule has 0 saturated heterocycles. The van der Waals surface area contributed by atoms with Gasteiger partial charge in [-0.05, 0) is 44.1 Å². The van der Waals surface area contributed by atoms with Crippen LogP contribution in [0.3, 0.4) is 0 Å². The van der Waals surface area contributed by atoms with Crippen molar-refractivity contribution in [3.05, 3.63) is 27.9 Å². The summed E-state index contributed by atoms with van der Waals surface area (Å²) in [5.41, 5.74) is 0.230. The standard InChI is InChI=1S/C14H21N3O3/c1-10-3-5-14(9-18,6-4-10)16-13-12(17(19)20)7-11(2)8-15-13/h7-8,10,18H,3-6,9H2,1-2H3,(H,15,16). The van der Waals surface area contributed by atoms with Crippen molar-refractivity contribution in [2.75, 3.05) is 11.9 Å². The van der Waals surface area contributed by atoms with Gasteiger partial charge in [0.1, 0.15) is 0 Å². The Bertz CT molecular complexity index is 496. The molecule has 1 fully saturated rings. The summed E-state index contributed by atoms with van der Waals surface area (Å²) in [4.78, 5) is 14.8. The number of aliphatic hydroxyl groups is 1. The molecule has 0 radical (unpaired) electrons. The normalized spacial score (nSPS) is 26.2. The topological polar surface area (TPSA) is 88.3 Å². The quantitative estimate of drug-likeness (QED) is 0.653. The summed E-state index contributed by atoms with van der Waals surface area (Å²) >= 11 is 0. The number of rotatable bonds is 4. The zero-order valence-electron chi connectivity index (χ0n) is 11.9. The lowest BCUT2D eigenvalue weighted by molar-refractivity contribution is -0.384. The number of aromatic nitrogens is 1. The van der Waals surface area contributed by atoms with Crippen LogP contribution in [0.4, 0.5) is 11.5 Å². The van der Waals surface area contributed by atoms with Crippen LogP contribution >= 0.6 is 0 Å². The molecule has 0 aliphatic heterocycles. The van der Waals surface area contributed by atoms with E-state index in [-0.39, 0.29) is 18.1 Å². The summed E-state index contributed by atoms with van der Waals surface area (Å²) in [5, 5.41) is 24.0. The number of aryl methyl sites for hydroxylation is 1. The molecular weight excluding hydrogens is 258 g/mol. The molecule has 0 unspecified atom stereocenters. The second-order valence-corrected chi connectivity index (χ2v) is 5.88. The minimum atomic E-state index is -0.487. The van der Waals surface area contributed by atoms with Crippen LogP contribution in [0, 0.1) is 23.0 Å². The number of anilines is 1. The van der Waals surface area contributed by atoms with E-state index in [4.69, 9.17) is 0 Å². The largest absolute Gasteiger partial charge is 0.394 e. The molecule has 0 bridgehead atoms. The third kappa shape index (κ3) is 3.07. The van der Waals surface area contributed by atoms with Gasteiger partial charge in [-0.2, -0.15) is 0 Å². The molecule has 110 valence electrons. The number of hydrogen-bond donors (Lipinski definition) is 2. The van der Waals surface area contributed by atoms with E-state index in [2.05, 4.69) is 17.2 Å². The Morgan fingerprint density at radius 1 is 1.55 bits per heavy atom. The molecule has 1 aliphatic carbocycles. The molecule has 1 saturated carbocycles. The first-order valence-electron chi connectivity index (χ1n) is 6.96. The maximum Gasteiger partial charge on any atom is 0.311 e. The molecule has 0 amide bonds. The molecule has 6 nitrogen and oxygen atoms in total. The van der Waals surface area contributed by atoms with Gasteiger partial charge in [0.05, 0.1) is 17.1 Å². The minimum absolute atomic E-state index is 0.0311. The summed E-state index contributed by atoms with van der Waals surface area (Å²) in [6.07, 6.45) is 5.22. The zero-order chi connectivity index (χ0) is 14.8. The predicted molar refractivity (Wildman–Crippen MR) is 76.7 cm³/mol. The summed E-state index contributed by atoms with van der Waals surface area (Å²) in [6, 6.07) is 1.51. The van der Waals surface area contributed by atoms with Crippen LogP contribution in [0.1, 0.15) is 38.2 Å². The van der Waals surface area contributed by atoms with Gasteiger partial charge in [0, 0.05) is 12.3 Å². The molecule has 1 aromatic rings. The van der Waals surface area contributed by atoms with E-state index in [1.165, 1.54) is 6.07 Å². The molecule has 0 aromatic carbocycles. The number of nitrogens with one attached hydrogen (secondary N) is 1. The Labute approximate surface area is 118 Å². The highest BCUT2D eigenvalue weighted by molar-refractivity contribution is 5.58. The van der Waals surface area contributed by atoms with Gasteiger partial charge in [-0.3, -0.25) is 10.1 Å². The number of nitro groups is 1. The Morgan fingerprint density at radius 3 is 2.75 bits per heavy atom. The SMILES string of the molecule is Cc1cnc(NC2(CO)CCC(C)CC2)c([N+](=O)[O-])c1. The van der Waals surface area contributed by atoms with E-state index < -0.39 is 10.5 Å². The second-order valence-electron chi connectivity index (χ2n) is 5.88. The van der Waals surface area contributed by atoms with Crippen molar-refractivity contribution in [2.45, 2.75) is 45.1 Å². The van der Waals surface area contributed by atoms with E-state index in [0.29, 0.717) is 5.92 Å². The lowest BCUT2D eigenvalue weighted by Gasteiger charge is -2.39. The second kappa shape index (κ2) is 5.75. The lowest BCUT2D eigenvalue weighted by atomic mass is 9.77. The first kappa shape index (κ1) is 14.7. The van der Waals surface area contributed by atoms with Gasteiger partial charge in [0.15, 0.2) is 0 Å². The summed E-state index contributed by atoms with van der Waals surface area (Å²) in [5.74, 6) is 0.890. The zero-order valence-corrected chi connectivity index (χ0v) is 11.9. The number of pyridine rings is 1.